The van der Waals surface area contributed by atoms with Gasteiger partial charge >= 0.3 is 17.9 Å². The molecule has 0 heterocycles. The van der Waals surface area contributed by atoms with Crippen molar-refractivity contribution in [3.8, 4) is 0 Å². The predicted octanol–water partition coefficient (Wildman–Crippen LogP) is 15.4. The van der Waals surface area contributed by atoms with Crippen LogP contribution in [0, 0.1) is 0 Å². The molecule has 0 radical (unpaired) electrons. The minimum absolute atomic E-state index is 0.106. The Morgan fingerprint density at radius 2 is 0.746 bits per heavy atom. The van der Waals surface area contributed by atoms with E-state index in [-0.39, 0.29) is 31.1 Å². The van der Waals surface area contributed by atoms with E-state index in [1.807, 2.05) is 48.6 Å². The van der Waals surface area contributed by atoms with Crippen molar-refractivity contribution in [2.24, 2.45) is 0 Å². The summed E-state index contributed by atoms with van der Waals surface area (Å²) in [6.45, 7) is 6.29. The maximum absolute atomic E-state index is 12.7. The third-order valence-electron chi connectivity index (χ3n) is 9.68. The number of allylic oxidation sites excluding steroid dienone is 16. The fourth-order valence-corrected chi connectivity index (χ4v) is 6.14. The number of hydrogen-bond acceptors (Lipinski definition) is 6. The quantitative estimate of drug-likeness (QED) is 0.0201. The molecule has 0 aromatic heterocycles. The van der Waals surface area contributed by atoms with Gasteiger partial charge in [-0.3, -0.25) is 14.4 Å². The van der Waals surface area contributed by atoms with E-state index in [1.54, 1.807) is 0 Å². The van der Waals surface area contributed by atoms with Crippen LogP contribution < -0.4 is 0 Å². The van der Waals surface area contributed by atoms with Crippen molar-refractivity contribution in [1.82, 2.24) is 0 Å². The predicted molar refractivity (Wildman–Crippen MR) is 251 cm³/mol. The summed E-state index contributed by atoms with van der Waals surface area (Å²) in [6, 6.07) is 0. The minimum Gasteiger partial charge on any atom is -0.462 e. The molecule has 0 saturated carbocycles. The van der Waals surface area contributed by atoms with Crippen LogP contribution in [0.3, 0.4) is 0 Å². The maximum Gasteiger partial charge on any atom is 0.306 e. The molecular formula is C53H86O6. The first-order chi connectivity index (χ1) is 29.0. The van der Waals surface area contributed by atoms with Crippen LogP contribution in [-0.4, -0.2) is 37.2 Å². The highest BCUT2D eigenvalue weighted by Crippen LogP contribution is 2.13. The van der Waals surface area contributed by atoms with Crippen molar-refractivity contribution >= 4 is 17.9 Å². The second-order valence-corrected chi connectivity index (χ2v) is 15.4. The standard InChI is InChI=1S/C53H86O6/c1-4-7-10-13-16-19-22-25-27-29-31-34-37-40-43-46-52(55)58-49-50(48-57-51(54)45-42-39-36-33-30-24-21-18-15-12-9-6-3)59-53(56)47-44-41-38-35-32-28-26-23-20-17-14-11-8-5-2/h7,9-10,12-13,16,18-19,21-22,25,27-29,31-32,50H,4-6,8,11,14-15,17,20,23-24,26,30,33-49H2,1-3H3/b10-7-,12-9-,16-13-,21-18-,22-19-,27-25-,31-29-,32-28-. The van der Waals surface area contributed by atoms with Crippen molar-refractivity contribution in [1.29, 1.82) is 0 Å². The van der Waals surface area contributed by atoms with E-state index in [2.05, 4.69) is 69.4 Å². The summed E-state index contributed by atoms with van der Waals surface area (Å²) in [5.74, 6) is -0.987. The van der Waals surface area contributed by atoms with Crippen molar-refractivity contribution in [2.45, 2.75) is 207 Å². The van der Waals surface area contributed by atoms with Gasteiger partial charge in [-0.1, -0.05) is 189 Å². The first-order valence-electron chi connectivity index (χ1n) is 23.8. The molecule has 0 aromatic carbocycles. The first kappa shape index (κ1) is 55.3. The highest BCUT2D eigenvalue weighted by atomic mass is 16.6. The Hall–Kier alpha value is -3.67. The molecule has 6 heteroatoms. The van der Waals surface area contributed by atoms with E-state index >= 15 is 0 Å². The molecule has 0 saturated heterocycles. The Morgan fingerprint density at radius 3 is 1.25 bits per heavy atom. The summed E-state index contributed by atoms with van der Waals surface area (Å²) in [6.07, 6.45) is 61.0. The fourth-order valence-electron chi connectivity index (χ4n) is 6.14. The van der Waals surface area contributed by atoms with Gasteiger partial charge in [0.05, 0.1) is 0 Å². The van der Waals surface area contributed by atoms with Crippen LogP contribution >= 0.6 is 0 Å². The number of carbonyl (C=O) groups is 3. The largest absolute Gasteiger partial charge is 0.462 e. The average Bonchev–Trinajstić information content (AvgIpc) is 3.23. The molecule has 0 aromatic rings. The zero-order valence-electron chi connectivity index (χ0n) is 38.0. The molecule has 0 aliphatic heterocycles. The summed E-state index contributed by atoms with van der Waals surface area (Å²) < 4.78 is 16.7. The maximum atomic E-state index is 12.7. The third kappa shape index (κ3) is 45.3. The molecule has 0 aliphatic carbocycles. The lowest BCUT2D eigenvalue weighted by Crippen LogP contribution is -2.30. The Morgan fingerprint density at radius 1 is 0.373 bits per heavy atom. The monoisotopic (exact) mass is 819 g/mol. The van der Waals surface area contributed by atoms with Gasteiger partial charge in [-0.05, 0) is 89.9 Å². The SMILES string of the molecule is CC\C=C/C=C\C=C/C=C\C=C/CCCCCC(=O)OCC(COC(=O)CCCCCCC/C=C\C/C=C\CC)OC(=O)CCCCC/C=C\CCCCCCCCC. The molecule has 1 unspecified atom stereocenters. The molecule has 0 fully saturated rings. The second kappa shape index (κ2) is 47.0. The lowest BCUT2D eigenvalue weighted by atomic mass is 10.1. The Bertz CT molecular complexity index is 1220. The summed E-state index contributed by atoms with van der Waals surface area (Å²) in [5.41, 5.74) is 0. The normalized spacial score (nSPS) is 12.9. The summed E-state index contributed by atoms with van der Waals surface area (Å²) in [4.78, 5) is 37.8. The molecule has 59 heavy (non-hydrogen) atoms. The molecule has 0 rings (SSSR count). The molecule has 0 amide bonds. The van der Waals surface area contributed by atoms with Crippen molar-refractivity contribution in [2.75, 3.05) is 13.2 Å². The molecule has 0 aliphatic rings. The van der Waals surface area contributed by atoms with Crippen molar-refractivity contribution < 1.29 is 28.6 Å². The van der Waals surface area contributed by atoms with Gasteiger partial charge in [0.1, 0.15) is 13.2 Å². The first-order valence-corrected chi connectivity index (χ1v) is 23.8. The zero-order chi connectivity index (χ0) is 43.0. The molecule has 0 spiro atoms. The smallest absolute Gasteiger partial charge is 0.306 e. The van der Waals surface area contributed by atoms with Crippen LogP contribution in [0.5, 0.6) is 0 Å². The van der Waals surface area contributed by atoms with E-state index in [1.165, 1.54) is 44.9 Å². The number of carbonyl (C=O) groups excluding carboxylic acids is 3. The van der Waals surface area contributed by atoms with E-state index in [0.717, 1.165) is 116 Å². The Kier molecular flexibility index (Phi) is 44.1. The third-order valence-corrected chi connectivity index (χ3v) is 9.68. The van der Waals surface area contributed by atoms with E-state index in [4.69, 9.17) is 14.2 Å². The van der Waals surface area contributed by atoms with Crippen molar-refractivity contribution in [3.63, 3.8) is 0 Å². The lowest BCUT2D eigenvalue weighted by molar-refractivity contribution is -0.167. The highest BCUT2D eigenvalue weighted by Gasteiger charge is 2.19. The van der Waals surface area contributed by atoms with Crippen LogP contribution in [0.2, 0.25) is 0 Å². The van der Waals surface area contributed by atoms with Gasteiger partial charge in [-0.25, -0.2) is 0 Å². The number of rotatable bonds is 41. The lowest BCUT2D eigenvalue weighted by Gasteiger charge is -2.18. The van der Waals surface area contributed by atoms with Gasteiger partial charge in [-0.2, -0.15) is 0 Å². The summed E-state index contributed by atoms with van der Waals surface area (Å²) >= 11 is 0. The molecule has 6 nitrogen and oxygen atoms in total. The fraction of sp³-hybridized carbons (Fsp3) is 0.642. The Balaban J connectivity index is 4.52. The molecule has 0 N–H and O–H groups in total. The molecule has 334 valence electrons. The number of unbranched alkanes of at least 4 members (excludes halogenated alkanes) is 18. The summed E-state index contributed by atoms with van der Waals surface area (Å²) in [5, 5.41) is 0. The van der Waals surface area contributed by atoms with E-state index in [9.17, 15) is 14.4 Å². The number of hydrogen-bond donors (Lipinski definition) is 0. The van der Waals surface area contributed by atoms with E-state index in [0.29, 0.717) is 19.3 Å². The minimum atomic E-state index is -0.808. The number of esters is 3. The van der Waals surface area contributed by atoms with Gasteiger partial charge in [0.15, 0.2) is 6.10 Å². The topological polar surface area (TPSA) is 78.9 Å². The molecular weight excluding hydrogens is 733 g/mol. The van der Waals surface area contributed by atoms with E-state index < -0.39 is 6.10 Å². The highest BCUT2D eigenvalue weighted by molar-refractivity contribution is 5.71. The second-order valence-electron chi connectivity index (χ2n) is 15.4. The Labute approximate surface area is 362 Å². The zero-order valence-corrected chi connectivity index (χ0v) is 38.0. The van der Waals surface area contributed by atoms with Gasteiger partial charge < -0.3 is 14.2 Å². The van der Waals surface area contributed by atoms with Gasteiger partial charge in [0, 0.05) is 19.3 Å². The van der Waals surface area contributed by atoms with Crippen LogP contribution in [0.4, 0.5) is 0 Å². The molecule has 1 atom stereocenters. The molecule has 0 bridgehead atoms. The van der Waals surface area contributed by atoms with Crippen LogP contribution in [0.25, 0.3) is 0 Å². The van der Waals surface area contributed by atoms with Gasteiger partial charge in [0.2, 0.25) is 0 Å². The van der Waals surface area contributed by atoms with Crippen LogP contribution in [0.15, 0.2) is 97.2 Å². The van der Waals surface area contributed by atoms with Crippen LogP contribution in [0.1, 0.15) is 201 Å². The van der Waals surface area contributed by atoms with Crippen LogP contribution in [-0.2, 0) is 28.6 Å². The van der Waals surface area contributed by atoms with Gasteiger partial charge in [0.25, 0.3) is 0 Å². The average molecular weight is 819 g/mol. The summed E-state index contributed by atoms with van der Waals surface area (Å²) in [7, 11) is 0. The van der Waals surface area contributed by atoms with Crippen molar-refractivity contribution in [3.05, 3.63) is 97.2 Å². The van der Waals surface area contributed by atoms with Gasteiger partial charge in [-0.15, -0.1) is 0 Å². The number of ether oxygens (including phenoxy) is 3.